The van der Waals surface area contributed by atoms with Crippen molar-refractivity contribution in [1.82, 2.24) is 4.90 Å². The second kappa shape index (κ2) is 10.3. The van der Waals surface area contributed by atoms with E-state index < -0.39 is 128 Å². The molecule has 0 radical (unpaired) electrons. The molecule has 9 unspecified atom stereocenters. The van der Waals surface area contributed by atoms with E-state index in [1.807, 2.05) is 0 Å². The average molecular weight is 728 g/mol. The smallest absolute Gasteiger partial charge is 0.419 e. The summed E-state index contributed by atoms with van der Waals surface area (Å²) in [5.41, 5.74) is -4.73. The fourth-order valence-corrected chi connectivity index (χ4v) is 10.5. The molecular weight excluding hydrogens is 689 g/mol. The minimum atomic E-state index is -5.93. The van der Waals surface area contributed by atoms with Crippen LogP contribution in [0.1, 0.15) is 66.2 Å². The number of halogens is 5. The van der Waals surface area contributed by atoms with Crippen LogP contribution in [0.2, 0.25) is 0 Å². The zero-order valence-electron chi connectivity index (χ0n) is 27.1. The molecule has 2 amide bonds. The number of hydrogen-bond donors (Lipinski definition) is 1. The van der Waals surface area contributed by atoms with Gasteiger partial charge in [-0.3, -0.25) is 28.6 Å². The lowest BCUT2D eigenvalue weighted by Gasteiger charge is -2.62. The summed E-state index contributed by atoms with van der Waals surface area (Å²) in [5.74, 6) is -10.3. The quantitative estimate of drug-likeness (QED) is 0.242. The predicted molar refractivity (Wildman–Crippen MR) is 151 cm³/mol. The Morgan fingerprint density at radius 3 is 2.14 bits per heavy atom. The lowest BCUT2D eigenvalue weighted by Crippen LogP contribution is -2.65. The molecule has 0 aromatic rings. The summed E-state index contributed by atoms with van der Waals surface area (Å²) in [6, 6.07) is -0.962. The van der Waals surface area contributed by atoms with Crippen molar-refractivity contribution in [3.8, 4) is 0 Å². The highest BCUT2D eigenvalue weighted by Gasteiger charge is 2.75. The Morgan fingerprint density at radius 2 is 1.61 bits per heavy atom. The Morgan fingerprint density at radius 1 is 1.00 bits per heavy atom. The first-order valence-corrected chi connectivity index (χ1v) is 17.8. The second-order valence-electron chi connectivity index (χ2n) is 16.4. The Kier molecular flexibility index (Phi) is 7.38. The Labute approximate surface area is 278 Å². The summed E-state index contributed by atoms with van der Waals surface area (Å²) >= 11 is 0. The molecule has 0 aromatic carbocycles. The van der Waals surface area contributed by atoms with Crippen molar-refractivity contribution in [1.29, 1.82) is 0 Å². The number of imide groups is 1. The fraction of sp³-hybridized carbons (Fsp3) is 0.871. The highest BCUT2D eigenvalue weighted by Crippen LogP contribution is 2.68. The number of amides is 2. The number of esters is 2. The van der Waals surface area contributed by atoms with Gasteiger partial charge in [0.05, 0.1) is 29.9 Å². The Hall–Kier alpha value is -2.44. The fourth-order valence-electron chi connectivity index (χ4n) is 10.3. The third kappa shape index (κ3) is 4.85. The predicted octanol–water partition coefficient (Wildman–Crippen LogP) is 3.48. The molecule has 8 rings (SSSR count). The van der Waals surface area contributed by atoms with Crippen LogP contribution in [0.5, 0.6) is 0 Å². The molecule has 0 aromatic heterocycles. The summed E-state index contributed by atoms with van der Waals surface area (Å²) in [6.07, 6.45) is -4.23. The number of alkyl halides is 5. The largest absolute Gasteiger partial charge is 0.459 e. The minimum absolute atomic E-state index is 0.0238. The number of carbonyl (C=O) groups excluding carboxylic acids is 4. The number of carbonyl (C=O) groups is 4. The Balaban J connectivity index is 1.16. The van der Waals surface area contributed by atoms with Gasteiger partial charge in [-0.15, -0.1) is 0 Å². The van der Waals surface area contributed by atoms with Crippen LogP contribution in [-0.4, -0.2) is 89.8 Å². The number of ether oxygens (including phenoxy) is 4. The second-order valence-corrected chi connectivity index (χ2v) is 18.0. The van der Waals surface area contributed by atoms with E-state index >= 15 is 0 Å². The van der Waals surface area contributed by atoms with Crippen LogP contribution in [-0.2, 0) is 48.2 Å². The summed E-state index contributed by atoms with van der Waals surface area (Å²) in [7, 11) is -5.93. The molecule has 1 N–H and O–H groups in total. The number of hydrogen-bond acceptors (Lipinski definition) is 10. The molecule has 9 atom stereocenters. The molecule has 2 heterocycles. The van der Waals surface area contributed by atoms with Crippen LogP contribution in [0, 0.1) is 52.3 Å². The van der Waals surface area contributed by atoms with Gasteiger partial charge in [-0.25, -0.2) is 0 Å². The van der Waals surface area contributed by atoms with Crippen molar-refractivity contribution in [3.05, 3.63) is 0 Å². The molecule has 18 heteroatoms. The van der Waals surface area contributed by atoms with Gasteiger partial charge in [0, 0.05) is 23.2 Å². The topological polar surface area (TPSA) is 163 Å². The summed E-state index contributed by atoms with van der Waals surface area (Å²) in [6.45, 7) is 2.95. The molecule has 6 bridgehead atoms. The van der Waals surface area contributed by atoms with Crippen LogP contribution in [0.4, 0.5) is 22.0 Å². The number of rotatable bonds is 6. The van der Waals surface area contributed by atoms with E-state index in [0.717, 1.165) is 11.8 Å². The van der Waals surface area contributed by atoms with Crippen LogP contribution in [0.15, 0.2) is 0 Å². The van der Waals surface area contributed by atoms with E-state index in [9.17, 15) is 49.5 Å². The van der Waals surface area contributed by atoms with Gasteiger partial charge >= 0.3 is 33.5 Å². The molecule has 6 aliphatic carbocycles. The van der Waals surface area contributed by atoms with E-state index in [0.29, 0.717) is 19.3 Å². The first kappa shape index (κ1) is 35.0. The molecule has 1 spiro atoms. The number of likely N-dealkylation sites (tertiary alicyclic amines) is 1. The molecule has 12 nitrogen and oxygen atoms in total. The molecule has 6 saturated carbocycles. The van der Waals surface area contributed by atoms with Gasteiger partial charge in [-0.05, 0) is 57.3 Å². The maximum Gasteiger partial charge on any atom is 0.419 e. The standard InChI is InChI=1S/C31H38F5NO11S/c1-26(2,3)24(40)37-20-16-7-17(19(18(16)22(37)38)23(39)45-12-29(32,33)49(42,43)44)21(20)47-25(41)28-8-13-5-14(9-28)30(15(6-13)10-28)46-11-27(4,48-30)31(34,35)36/h13-21H,5-12H2,1-4H3,(H,42,43,44). The van der Waals surface area contributed by atoms with Crippen LogP contribution < -0.4 is 0 Å². The monoisotopic (exact) mass is 727 g/mol. The first-order valence-electron chi connectivity index (χ1n) is 16.4. The number of nitrogens with zero attached hydrogens (tertiary/aromatic N) is 1. The zero-order valence-corrected chi connectivity index (χ0v) is 27.9. The Bertz CT molecular complexity index is 1590. The maximum atomic E-state index is 14.3. The van der Waals surface area contributed by atoms with Crippen molar-refractivity contribution < 1.29 is 73.0 Å². The van der Waals surface area contributed by atoms with Crippen LogP contribution in [0.3, 0.4) is 0 Å². The van der Waals surface area contributed by atoms with Crippen molar-refractivity contribution in [2.75, 3.05) is 13.2 Å². The lowest BCUT2D eigenvalue weighted by molar-refractivity contribution is -0.344. The highest BCUT2D eigenvalue weighted by molar-refractivity contribution is 7.86. The van der Waals surface area contributed by atoms with E-state index in [1.165, 1.54) is 0 Å². The average Bonchev–Trinajstić information content (AvgIpc) is 3.68. The van der Waals surface area contributed by atoms with E-state index in [4.69, 9.17) is 18.8 Å². The highest BCUT2D eigenvalue weighted by atomic mass is 32.2. The minimum Gasteiger partial charge on any atom is -0.459 e. The van der Waals surface area contributed by atoms with Gasteiger partial charge in [0.1, 0.15) is 6.10 Å². The summed E-state index contributed by atoms with van der Waals surface area (Å²) in [4.78, 5) is 56.0. The first-order chi connectivity index (χ1) is 22.4. The SMILES string of the molecule is CC(C)(C)C(=O)N1C(=O)C2C3CC(C(OC(=O)C45CC6CC(C4)C4(OCC(C)(C(F)(F)F)O4)C(C6)C5)C31)C2C(=O)OCC(F)(F)S(=O)(=O)O. The van der Waals surface area contributed by atoms with E-state index in [-0.39, 0.29) is 25.2 Å². The maximum absolute atomic E-state index is 14.3. The molecule has 49 heavy (non-hydrogen) atoms. The van der Waals surface area contributed by atoms with E-state index in [1.54, 1.807) is 20.8 Å². The lowest BCUT2D eigenvalue weighted by atomic mass is 9.47. The molecule has 274 valence electrons. The van der Waals surface area contributed by atoms with Crippen molar-refractivity contribution in [2.24, 2.45) is 52.3 Å². The molecule has 2 saturated heterocycles. The van der Waals surface area contributed by atoms with E-state index in [2.05, 4.69) is 4.74 Å². The number of fused-ring (bicyclic) bond motifs is 1. The molecule has 2 aliphatic heterocycles. The van der Waals surface area contributed by atoms with Gasteiger partial charge in [0.2, 0.25) is 11.8 Å². The molecule has 8 aliphatic rings. The van der Waals surface area contributed by atoms with Crippen molar-refractivity contribution >= 4 is 33.9 Å². The normalized spacial score (nSPS) is 43.9. The van der Waals surface area contributed by atoms with Crippen LogP contribution in [0.25, 0.3) is 0 Å². The third-order valence-corrected chi connectivity index (χ3v) is 13.2. The van der Waals surface area contributed by atoms with Gasteiger partial charge in [-0.2, -0.15) is 30.4 Å². The summed E-state index contributed by atoms with van der Waals surface area (Å²) < 4.78 is 123. The summed E-state index contributed by atoms with van der Waals surface area (Å²) in [5, 5.41) is -4.83. The van der Waals surface area contributed by atoms with Crippen molar-refractivity contribution in [3.63, 3.8) is 0 Å². The zero-order chi connectivity index (χ0) is 36.1. The van der Waals surface area contributed by atoms with Gasteiger partial charge < -0.3 is 18.9 Å². The molecular formula is C31H38F5NO11S. The molecule has 8 fully saturated rings. The van der Waals surface area contributed by atoms with Gasteiger partial charge in [-0.1, -0.05) is 20.8 Å². The van der Waals surface area contributed by atoms with Crippen LogP contribution >= 0.6 is 0 Å². The van der Waals surface area contributed by atoms with Crippen molar-refractivity contribution in [2.45, 2.75) is 101 Å². The van der Waals surface area contributed by atoms with Gasteiger partial charge in [0.25, 0.3) is 0 Å². The third-order valence-electron chi connectivity index (χ3n) is 12.3. The van der Waals surface area contributed by atoms with Gasteiger partial charge in [0.15, 0.2) is 18.0 Å².